The van der Waals surface area contributed by atoms with Crippen molar-refractivity contribution in [3.05, 3.63) is 0 Å². The second-order valence-electron chi connectivity index (χ2n) is 6.21. The zero-order chi connectivity index (χ0) is 12.6. The van der Waals surface area contributed by atoms with Crippen LogP contribution in [0.3, 0.4) is 0 Å². The van der Waals surface area contributed by atoms with E-state index in [9.17, 15) is 0 Å². The molecule has 0 atom stereocenters. The quantitative estimate of drug-likeness (QED) is 0.754. The molecule has 3 heteroatoms. The Labute approximate surface area is 113 Å². The molecule has 2 rings (SSSR count). The van der Waals surface area contributed by atoms with E-state index >= 15 is 0 Å². The van der Waals surface area contributed by atoms with Gasteiger partial charge in [0.25, 0.3) is 0 Å². The number of hydrogen-bond acceptors (Lipinski definition) is 3. The molecule has 3 nitrogen and oxygen atoms in total. The van der Waals surface area contributed by atoms with Gasteiger partial charge in [-0.25, -0.2) is 0 Å². The lowest BCUT2D eigenvalue weighted by molar-refractivity contribution is 0.269. The molecule has 1 aliphatic carbocycles. The van der Waals surface area contributed by atoms with Gasteiger partial charge in [-0.2, -0.15) is 0 Å². The van der Waals surface area contributed by atoms with E-state index < -0.39 is 0 Å². The van der Waals surface area contributed by atoms with E-state index in [1.165, 1.54) is 84.3 Å². The Kier molecular flexibility index (Phi) is 6.46. The molecule has 1 N–H and O–H groups in total. The van der Waals surface area contributed by atoms with Gasteiger partial charge in [0.15, 0.2) is 0 Å². The van der Waals surface area contributed by atoms with Crippen molar-refractivity contribution in [2.45, 2.75) is 38.5 Å². The SMILES string of the molecule is CN1CCCN(CCNCC2CCCCC2)CC1. The Balaban J connectivity index is 1.51. The molecule has 0 spiro atoms. The number of likely N-dealkylation sites (N-methyl/N-ethyl adjacent to an activating group) is 1. The van der Waals surface area contributed by atoms with Crippen molar-refractivity contribution in [2.24, 2.45) is 5.92 Å². The summed E-state index contributed by atoms with van der Waals surface area (Å²) in [6, 6.07) is 0. The summed E-state index contributed by atoms with van der Waals surface area (Å²) in [7, 11) is 2.24. The summed E-state index contributed by atoms with van der Waals surface area (Å²) in [6.07, 6.45) is 8.65. The standard InChI is InChI=1S/C15H31N3/c1-17-9-5-10-18(13-12-17)11-8-16-14-15-6-3-2-4-7-15/h15-16H,2-14H2,1H3. The first kappa shape index (κ1) is 14.3. The zero-order valence-electron chi connectivity index (χ0n) is 12.2. The Bertz CT molecular complexity index is 214. The maximum Gasteiger partial charge on any atom is 0.0110 e. The van der Waals surface area contributed by atoms with E-state index in [0.29, 0.717) is 0 Å². The van der Waals surface area contributed by atoms with Crippen LogP contribution in [-0.2, 0) is 0 Å². The minimum atomic E-state index is 0.967. The molecule has 2 aliphatic rings. The average molecular weight is 253 g/mol. The molecular formula is C15H31N3. The fraction of sp³-hybridized carbons (Fsp3) is 1.00. The van der Waals surface area contributed by atoms with Crippen LogP contribution < -0.4 is 5.32 Å². The second-order valence-corrected chi connectivity index (χ2v) is 6.21. The van der Waals surface area contributed by atoms with Crippen molar-refractivity contribution in [2.75, 3.05) is 52.9 Å². The Hall–Kier alpha value is -0.120. The molecule has 1 saturated heterocycles. The fourth-order valence-electron chi connectivity index (χ4n) is 3.26. The highest BCUT2D eigenvalue weighted by Gasteiger charge is 2.14. The number of rotatable bonds is 5. The zero-order valence-corrected chi connectivity index (χ0v) is 12.2. The van der Waals surface area contributed by atoms with Crippen molar-refractivity contribution in [1.82, 2.24) is 15.1 Å². The summed E-state index contributed by atoms with van der Waals surface area (Å²) >= 11 is 0. The van der Waals surface area contributed by atoms with Crippen LogP contribution in [0.15, 0.2) is 0 Å². The molecule has 0 aromatic carbocycles. The predicted octanol–water partition coefficient (Wildman–Crippen LogP) is 1.79. The third-order valence-corrected chi connectivity index (χ3v) is 4.57. The third kappa shape index (κ3) is 5.25. The van der Waals surface area contributed by atoms with Crippen LogP contribution in [0.5, 0.6) is 0 Å². The van der Waals surface area contributed by atoms with Gasteiger partial charge in [0.1, 0.15) is 0 Å². The van der Waals surface area contributed by atoms with E-state index in [1.807, 2.05) is 0 Å². The normalized spacial score (nSPS) is 25.2. The molecule has 0 unspecified atom stereocenters. The van der Waals surface area contributed by atoms with Crippen molar-refractivity contribution in [3.8, 4) is 0 Å². The Morgan fingerprint density at radius 3 is 2.61 bits per heavy atom. The molecule has 106 valence electrons. The highest BCUT2D eigenvalue weighted by Crippen LogP contribution is 2.22. The van der Waals surface area contributed by atoms with Gasteiger partial charge >= 0.3 is 0 Å². The van der Waals surface area contributed by atoms with Gasteiger partial charge in [-0.3, -0.25) is 0 Å². The van der Waals surface area contributed by atoms with Gasteiger partial charge in [-0.15, -0.1) is 0 Å². The smallest absolute Gasteiger partial charge is 0.0110 e. The van der Waals surface area contributed by atoms with Crippen LogP contribution in [0.25, 0.3) is 0 Å². The van der Waals surface area contributed by atoms with Crippen LogP contribution in [0.2, 0.25) is 0 Å². The van der Waals surface area contributed by atoms with E-state index in [-0.39, 0.29) is 0 Å². The number of hydrogen-bond donors (Lipinski definition) is 1. The van der Waals surface area contributed by atoms with Crippen LogP contribution in [0.4, 0.5) is 0 Å². The van der Waals surface area contributed by atoms with Crippen LogP contribution >= 0.6 is 0 Å². The molecule has 1 aliphatic heterocycles. The van der Waals surface area contributed by atoms with E-state index in [2.05, 4.69) is 22.2 Å². The van der Waals surface area contributed by atoms with Crippen LogP contribution in [-0.4, -0.2) is 62.7 Å². The molecule has 0 aromatic rings. The van der Waals surface area contributed by atoms with Gasteiger partial charge in [0.05, 0.1) is 0 Å². The lowest BCUT2D eigenvalue weighted by Crippen LogP contribution is -2.36. The monoisotopic (exact) mass is 253 g/mol. The van der Waals surface area contributed by atoms with Crippen LogP contribution in [0, 0.1) is 5.92 Å². The van der Waals surface area contributed by atoms with E-state index in [4.69, 9.17) is 0 Å². The molecule has 0 radical (unpaired) electrons. The van der Waals surface area contributed by atoms with Gasteiger partial charge < -0.3 is 15.1 Å². The summed E-state index contributed by atoms with van der Waals surface area (Å²) in [5.41, 5.74) is 0. The lowest BCUT2D eigenvalue weighted by atomic mass is 9.89. The molecule has 1 saturated carbocycles. The van der Waals surface area contributed by atoms with Gasteiger partial charge in [-0.1, -0.05) is 19.3 Å². The summed E-state index contributed by atoms with van der Waals surface area (Å²) in [5.74, 6) is 0.967. The van der Waals surface area contributed by atoms with Crippen LogP contribution in [0.1, 0.15) is 38.5 Å². The summed E-state index contributed by atoms with van der Waals surface area (Å²) in [4.78, 5) is 5.08. The first-order valence-electron chi connectivity index (χ1n) is 7.96. The van der Waals surface area contributed by atoms with Crippen molar-refractivity contribution in [3.63, 3.8) is 0 Å². The van der Waals surface area contributed by atoms with E-state index in [1.54, 1.807) is 0 Å². The molecule has 18 heavy (non-hydrogen) atoms. The minimum Gasteiger partial charge on any atom is -0.315 e. The molecule has 2 fully saturated rings. The van der Waals surface area contributed by atoms with Gasteiger partial charge in [0.2, 0.25) is 0 Å². The minimum absolute atomic E-state index is 0.967. The second kappa shape index (κ2) is 8.13. The van der Waals surface area contributed by atoms with Gasteiger partial charge in [0, 0.05) is 26.2 Å². The lowest BCUT2D eigenvalue weighted by Gasteiger charge is -2.24. The summed E-state index contributed by atoms with van der Waals surface area (Å²) in [6.45, 7) is 8.72. The first-order chi connectivity index (χ1) is 8.84. The summed E-state index contributed by atoms with van der Waals surface area (Å²) < 4.78 is 0. The molecule has 0 aromatic heterocycles. The highest BCUT2D eigenvalue weighted by atomic mass is 15.2. The van der Waals surface area contributed by atoms with E-state index in [0.717, 1.165) is 5.92 Å². The number of nitrogens with one attached hydrogen (secondary N) is 1. The first-order valence-corrected chi connectivity index (χ1v) is 7.96. The highest BCUT2D eigenvalue weighted by molar-refractivity contribution is 4.70. The van der Waals surface area contributed by atoms with Crippen molar-refractivity contribution in [1.29, 1.82) is 0 Å². The molecular weight excluding hydrogens is 222 g/mol. The maximum atomic E-state index is 3.68. The molecule has 0 amide bonds. The Morgan fingerprint density at radius 1 is 0.944 bits per heavy atom. The summed E-state index contributed by atoms with van der Waals surface area (Å²) in [5, 5.41) is 3.68. The fourth-order valence-corrected chi connectivity index (χ4v) is 3.26. The number of nitrogens with zero attached hydrogens (tertiary/aromatic N) is 2. The van der Waals surface area contributed by atoms with Crippen molar-refractivity contribution < 1.29 is 0 Å². The third-order valence-electron chi connectivity index (χ3n) is 4.57. The molecule has 0 bridgehead atoms. The Morgan fingerprint density at radius 2 is 1.78 bits per heavy atom. The predicted molar refractivity (Wildman–Crippen MR) is 78.0 cm³/mol. The largest absolute Gasteiger partial charge is 0.315 e. The topological polar surface area (TPSA) is 18.5 Å². The molecule has 1 heterocycles. The van der Waals surface area contributed by atoms with Crippen molar-refractivity contribution >= 4 is 0 Å². The van der Waals surface area contributed by atoms with Gasteiger partial charge in [-0.05, 0) is 51.9 Å². The average Bonchev–Trinajstić information content (AvgIpc) is 2.61. The maximum absolute atomic E-state index is 3.68.